The Kier molecular flexibility index (Phi) is 2.97. The number of hydrogen-bond acceptors (Lipinski definition) is 5. The fraction of sp³-hybridized carbons (Fsp3) is 0.545. The van der Waals surface area contributed by atoms with E-state index in [1.807, 2.05) is 16.2 Å². The molecule has 0 atom stereocenters. The van der Waals surface area contributed by atoms with E-state index in [4.69, 9.17) is 0 Å². The van der Waals surface area contributed by atoms with Crippen LogP contribution < -0.4 is 4.90 Å². The Balaban J connectivity index is 2.39. The van der Waals surface area contributed by atoms with Gasteiger partial charge >= 0.3 is 0 Å². The van der Waals surface area contributed by atoms with Crippen LogP contribution in [0.25, 0.3) is 5.65 Å². The van der Waals surface area contributed by atoms with Crippen molar-refractivity contribution >= 4 is 11.5 Å². The molecule has 92 valence electrons. The van der Waals surface area contributed by atoms with Crippen molar-refractivity contribution in [3.63, 3.8) is 0 Å². The van der Waals surface area contributed by atoms with E-state index in [1.54, 1.807) is 32.6 Å². The van der Waals surface area contributed by atoms with Crippen LogP contribution in [0.5, 0.6) is 0 Å². The molecular formula is C11H17N5O. The van der Waals surface area contributed by atoms with Crippen LogP contribution in [0.2, 0.25) is 0 Å². The van der Waals surface area contributed by atoms with Crippen LogP contribution in [0.1, 0.15) is 20.8 Å². The number of aliphatic hydroxyl groups is 1. The summed E-state index contributed by atoms with van der Waals surface area (Å²) in [5.41, 5.74) is -0.0662. The molecule has 2 aromatic rings. The van der Waals surface area contributed by atoms with Crippen LogP contribution in [0, 0.1) is 0 Å². The maximum atomic E-state index is 9.89. The van der Waals surface area contributed by atoms with Crippen molar-refractivity contribution in [2.24, 2.45) is 0 Å². The SMILES string of the molecule is CCN(CC(C)(C)O)c1nccn2cnnc12. The Morgan fingerprint density at radius 3 is 2.88 bits per heavy atom. The molecule has 0 spiro atoms. The van der Waals surface area contributed by atoms with Gasteiger partial charge in [0, 0.05) is 25.5 Å². The first-order valence-electron chi connectivity index (χ1n) is 5.63. The van der Waals surface area contributed by atoms with Crippen LogP contribution in [-0.2, 0) is 0 Å². The third kappa shape index (κ3) is 2.52. The zero-order chi connectivity index (χ0) is 12.5. The molecule has 6 nitrogen and oxygen atoms in total. The van der Waals surface area contributed by atoms with E-state index in [-0.39, 0.29) is 0 Å². The van der Waals surface area contributed by atoms with Crippen molar-refractivity contribution in [3.8, 4) is 0 Å². The summed E-state index contributed by atoms with van der Waals surface area (Å²) in [6, 6.07) is 0. The lowest BCUT2D eigenvalue weighted by Crippen LogP contribution is -2.39. The first kappa shape index (κ1) is 11.8. The minimum atomic E-state index is -0.773. The van der Waals surface area contributed by atoms with Crippen LogP contribution >= 0.6 is 0 Å². The molecule has 0 aliphatic heterocycles. The van der Waals surface area contributed by atoms with E-state index in [0.717, 1.165) is 12.4 Å². The summed E-state index contributed by atoms with van der Waals surface area (Å²) in [6.07, 6.45) is 5.15. The lowest BCUT2D eigenvalue weighted by Gasteiger charge is -2.28. The Hall–Kier alpha value is -1.69. The number of hydrogen-bond donors (Lipinski definition) is 1. The first-order valence-corrected chi connectivity index (χ1v) is 5.63. The predicted octanol–water partition coefficient (Wildman–Crippen LogP) is 0.722. The maximum Gasteiger partial charge on any atom is 0.203 e. The molecule has 2 aromatic heterocycles. The summed E-state index contributed by atoms with van der Waals surface area (Å²) in [4.78, 5) is 6.32. The number of aromatic nitrogens is 4. The molecule has 0 aromatic carbocycles. The van der Waals surface area contributed by atoms with Crippen LogP contribution in [0.3, 0.4) is 0 Å². The minimum Gasteiger partial charge on any atom is -0.389 e. The Bertz CT molecular complexity index is 502. The highest BCUT2D eigenvalue weighted by Crippen LogP contribution is 2.18. The predicted molar refractivity (Wildman–Crippen MR) is 65.0 cm³/mol. The molecule has 1 N–H and O–H groups in total. The molecule has 2 heterocycles. The molecule has 0 radical (unpaired) electrons. The second-order valence-electron chi connectivity index (χ2n) is 4.64. The molecule has 0 aliphatic carbocycles. The molecule has 17 heavy (non-hydrogen) atoms. The lowest BCUT2D eigenvalue weighted by molar-refractivity contribution is 0.0874. The molecule has 0 bridgehead atoms. The molecule has 0 fully saturated rings. The van der Waals surface area contributed by atoms with Gasteiger partial charge in [0.05, 0.1) is 5.60 Å². The third-order valence-electron chi connectivity index (χ3n) is 2.46. The van der Waals surface area contributed by atoms with Gasteiger partial charge in [-0.3, -0.25) is 4.40 Å². The Morgan fingerprint density at radius 2 is 2.24 bits per heavy atom. The van der Waals surface area contributed by atoms with Gasteiger partial charge in [0.15, 0.2) is 5.82 Å². The fourth-order valence-corrected chi connectivity index (χ4v) is 1.77. The van der Waals surface area contributed by atoms with Crippen LogP contribution in [0.4, 0.5) is 5.82 Å². The molecule has 0 saturated carbocycles. The third-order valence-corrected chi connectivity index (χ3v) is 2.46. The highest BCUT2D eigenvalue weighted by molar-refractivity contribution is 5.63. The average Bonchev–Trinajstić information content (AvgIpc) is 2.72. The van der Waals surface area contributed by atoms with Gasteiger partial charge in [0.1, 0.15) is 6.33 Å². The second-order valence-corrected chi connectivity index (χ2v) is 4.64. The van der Waals surface area contributed by atoms with E-state index in [2.05, 4.69) is 15.2 Å². The molecule has 0 saturated heterocycles. The summed E-state index contributed by atoms with van der Waals surface area (Å²) in [7, 11) is 0. The van der Waals surface area contributed by atoms with Gasteiger partial charge < -0.3 is 10.0 Å². The molecule has 0 aliphatic rings. The summed E-state index contributed by atoms with van der Waals surface area (Å²) in [5, 5.41) is 17.8. The van der Waals surface area contributed by atoms with Crippen LogP contribution in [0.15, 0.2) is 18.7 Å². The average molecular weight is 235 g/mol. The standard InChI is InChI=1S/C11H17N5O/c1-4-15(7-11(2,3)17)9-10-14-13-8-16(10)6-5-12-9/h5-6,8,17H,4,7H2,1-3H3. The summed E-state index contributed by atoms with van der Waals surface area (Å²) >= 11 is 0. The highest BCUT2D eigenvalue weighted by Gasteiger charge is 2.20. The van der Waals surface area contributed by atoms with Crippen molar-refractivity contribution < 1.29 is 5.11 Å². The van der Waals surface area contributed by atoms with Gasteiger partial charge in [0.25, 0.3) is 0 Å². The van der Waals surface area contributed by atoms with Gasteiger partial charge in [-0.2, -0.15) is 0 Å². The quantitative estimate of drug-likeness (QED) is 0.846. The van der Waals surface area contributed by atoms with E-state index < -0.39 is 5.60 Å². The smallest absolute Gasteiger partial charge is 0.203 e. The van der Waals surface area contributed by atoms with Crippen LogP contribution in [-0.4, -0.2) is 43.4 Å². The monoisotopic (exact) mass is 235 g/mol. The van der Waals surface area contributed by atoms with Gasteiger partial charge in [-0.05, 0) is 20.8 Å². The van der Waals surface area contributed by atoms with Gasteiger partial charge in [0.2, 0.25) is 5.65 Å². The molecule has 0 unspecified atom stereocenters. The zero-order valence-electron chi connectivity index (χ0n) is 10.3. The zero-order valence-corrected chi connectivity index (χ0v) is 10.3. The summed E-state index contributed by atoms with van der Waals surface area (Å²) < 4.78 is 1.81. The Morgan fingerprint density at radius 1 is 1.47 bits per heavy atom. The van der Waals surface area contributed by atoms with E-state index >= 15 is 0 Å². The van der Waals surface area contributed by atoms with Gasteiger partial charge in [-0.1, -0.05) is 0 Å². The lowest BCUT2D eigenvalue weighted by atomic mass is 10.1. The molecule has 2 rings (SSSR count). The number of fused-ring (bicyclic) bond motifs is 1. The van der Waals surface area contributed by atoms with E-state index in [0.29, 0.717) is 12.2 Å². The Labute approximate surface area is 99.9 Å². The summed E-state index contributed by atoms with van der Waals surface area (Å²) in [6.45, 7) is 6.83. The van der Waals surface area contributed by atoms with Crippen molar-refractivity contribution in [1.29, 1.82) is 0 Å². The fourth-order valence-electron chi connectivity index (χ4n) is 1.77. The van der Waals surface area contributed by atoms with Crippen molar-refractivity contribution in [1.82, 2.24) is 19.6 Å². The minimum absolute atomic E-state index is 0.503. The van der Waals surface area contributed by atoms with Crippen molar-refractivity contribution in [2.75, 3.05) is 18.0 Å². The number of anilines is 1. The maximum absolute atomic E-state index is 9.89. The highest BCUT2D eigenvalue weighted by atomic mass is 16.3. The number of nitrogens with zero attached hydrogens (tertiary/aromatic N) is 5. The van der Waals surface area contributed by atoms with Gasteiger partial charge in [-0.15, -0.1) is 10.2 Å². The van der Waals surface area contributed by atoms with Crippen molar-refractivity contribution in [2.45, 2.75) is 26.4 Å². The first-order chi connectivity index (χ1) is 8.01. The largest absolute Gasteiger partial charge is 0.389 e. The topological polar surface area (TPSA) is 66.5 Å². The molecule has 6 heteroatoms. The second kappa shape index (κ2) is 4.29. The summed E-state index contributed by atoms with van der Waals surface area (Å²) in [5.74, 6) is 0.745. The number of likely N-dealkylation sites (N-methyl/N-ethyl adjacent to an activating group) is 1. The molecular weight excluding hydrogens is 218 g/mol. The van der Waals surface area contributed by atoms with E-state index in [9.17, 15) is 5.11 Å². The number of rotatable bonds is 4. The van der Waals surface area contributed by atoms with Gasteiger partial charge in [-0.25, -0.2) is 4.98 Å². The van der Waals surface area contributed by atoms with E-state index in [1.165, 1.54) is 0 Å². The molecule has 0 amide bonds. The normalized spacial score (nSPS) is 12.0. The van der Waals surface area contributed by atoms with Crippen molar-refractivity contribution in [3.05, 3.63) is 18.7 Å².